The number of benzene rings is 2. The molecule has 2 bridgehead atoms. The van der Waals surface area contributed by atoms with Crippen LogP contribution in [0.2, 0.25) is 0 Å². The van der Waals surface area contributed by atoms with Gasteiger partial charge in [0.2, 0.25) is 6.10 Å². The Bertz CT molecular complexity index is 1610. The highest BCUT2D eigenvalue weighted by Gasteiger charge is 2.72. The number of piperidine rings is 1. The predicted octanol–water partition coefficient (Wildman–Crippen LogP) is 1.57. The fraction of sp³-hybridized carbons (Fsp3) is 0.455. The summed E-state index contributed by atoms with van der Waals surface area (Å²) < 4.78 is 27.9. The largest absolute Gasteiger partial charge is 0.493 e. The second kappa shape index (κ2) is 11.7. The van der Waals surface area contributed by atoms with Gasteiger partial charge < -0.3 is 43.9 Å². The van der Waals surface area contributed by atoms with E-state index < -0.39 is 65.7 Å². The molecule has 2 aliphatic carbocycles. The summed E-state index contributed by atoms with van der Waals surface area (Å²) in [7, 11) is 3.50. The van der Waals surface area contributed by atoms with Crippen molar-refractivity contribution in [3.63, 3.8) is 0 Å². The van der Waals surface area contributed by atoms with E-state index in [0.717, 1.165) is 18.1 Å². The van der Waals surface area contributed by atoms with Crippen LogP contribution in [-0.4, -0.2) is 94.8 Å². The summed E-state index contributed by atoms with van der Waals surface area (Å²) in [5.41, 5.74) is -0.0864. The number of ether oxygens (including phenoxy) is 5. The molecule has 2 aromatic rings. The SMILES string of the molecule is COc1ccc2c3c1O[C@H]1C(OC(=O)C[C@H](O)C(=O)O[C@H](C(=O)O[C@@H](C)C(=O)O)c4ccccc4)=CC[C@@]4(O)[C@@H](C2)N(C)CC[C@]314. The van der Waals surface area contributed by atoms with Crippen LogP contribution in [0.3, 0.4) is 0 Å². The number of aliphatic hydroxyl groups is 2. The molecular weight excluding hydrogens is 602 g/mol. The Hall–Kier alpha value is -4.46. The van der Waals surface area contributed by atoms with Crippen molar-refractivity contribution in [1.82, 2.24) is 4.90 Å². The normalized spacial score (nSPS) is 27.5. The quantitative estimate of drug-likeness (QED) is 0.253. The van der Waals surface area contributed by atoms with E-state index in [2.05, 4.69) is 4.90 Å². The first-order valence-electron chi connectivity index (χ1n) is 15.0. The smallest absolute Gasteiger partial charge is 0.353 e. The highest BCUT2D eigenvalue weighted by molar-refractivity contribution is 5.86. The molecule has 1 spiro atoms. The van der Waals surface area contributed by atoms with E-state index in [1.54, 1.807) is 24.3 Å². The van der Waals surface area contributed by atoms with Crippen LogP contribution in [0.5, 0.6) is 11.5 Å². The molecule has 1 fully saturated rings. The maximum Gasteiger partial charge on any atom is 0.353 e. The van der Waals surface area contributed by atoms with E-state index in [1.807, 2.05) is 19.2 Å². The molecule has 0 saturated carbocycles. The number of aliphatic carboxylic acids is 1. The third-order valence-corrected chi connectivity index (χ3v) is 9.61. The van der Waals surface area contributed by atoms with Crippen LogP contribution in [0.1, 0.15) is 49.0 Å². The van der Waals surface area contributed by atoms with Gasteiger partial charge in [-0.05, 0) is 51.1 Å². The maximum atomic E-state index is 13.1. The van der Waals surface area contributed by atoms with E-state index in [4.69, 9.17) is 28.8 Å². The van der Waals surface area contributed by atoms with Crippen molar-refractivity contribution >= 4 is 23.9 Å². The Morgan fingerprint density at radius 2 is 1.83 bits per heavy atom. The molecule has 0 aromatic heterocycles. The molecule has 0 unspecified atom stereocenters. The Morgan fingerprint density at radius 3 is 2.52 bits per heavy atom. The van der Waals surface area contributed by atoms with Crippen molar-refractivity contribution in [2.24, 2.45) is 0 Å². The molecular formula is C33H35NO12. The predicted molar refractivity (Wildman–Crippen MR) is 157 cm³/mol. The number of nitrogens with zero attached hydrogens (tertiary/aromatic N) is 1. The van der Waals surface area contributed by atoms with Gasteiger partial charge in [-0.2, -0.15) is 0 Å². The lowest BCUT2D eigenvalue weighted by molar-refractivity contribution is -0.181. The number of methoxy groups -OCH3 is 1. The minimum atomic E-state index is -2.03. The van der Waals surface area contributed by atoms with E-state index in [9.17, 15) is 29.4 Å². The zero-order valence-corrected chi connectivity index (χ0v) is 25.5. The van der Waals surface area contributed by atoms with Crippen LogP contribution < -0.4 is 9.47 Å². The van der Waals surface area contributed by atoms with Gasteiger partial charge in [-0.15, -0.1) is 0 Å². The minimum Gasteiger partial charge on any atom is -0.493 e. The summed E-state index contributed by atoms with van der Waals surface area (Å²) >= 11 is 0. The van der Waals surface area contributed by atoms with E-state index in [0.29, 0.717) is 30.9 Å². The van der Waals surface area contributed by atoms with Gasteiger partial charge in [-0.1, -0.05) is 36.4 Å². The van der Waals surface area contributed by atoms with E-state index in [-0.39, 0.29) is 23.8 Å². The number of hydrogen-bond donors (Lipinski definition) is 3. The third-order valence-electron chi connectivity index (χ3n) is 9.61. The van der Waals surface area contributed by atoms with Gasteiger partial charge in [0, 0.05) is 23.6 Å². The number of hydrogen-bond acceptors (Lipinski definition) is 12. The van der Waals surface area contributed by atoms with Crippen molar-refractivity contribution in [1.29, 1.82) is 0 Å². The highest BCUT2D eigenvalue weighted by Crippen LogP contribution is 2.65. The molecule has 1 saturated heterocycles. The number of likely N-dealkylation sites (tertiary alicyclic amines) is 1. The molecule has 3 N–H and O–H groups in total. The summed E-state index contributed by atoms with van der Waals surface area (Å²) in [6.45, 7) is 1.81. The van der Waals surface area contributed by atoms with Crippen LogP contribution in [0.4, 0.5) is 0 Å². The van der Waals surface area contributed by atoms with Gasteiger partial charge in [0.25, 0.3) is 0 Å². The zero-order chi connectivity index (χ0) is 33.0. The van der Waals surface area contributed by atoms with Gasteiger partial charge in [-0.3, -0.25) is 4.79 Å². The fourth-order valence-corrected chi connectivity index (χ4v) is 7.36. The van der Waals surface area contributed by atoms with Crippen molar-refractivity contribution < 1.29 is 58.2 Å². The first kappa shape index (κ1) is 31.5. The van der Waals surface area contributed by atoms with Gasteiger partial charge >= 0.3 is 23.9 Å². The molecule has 4 aliphatic rings. The zero-order valence-electron chi connectivity index (χ0n) is 25.5. The van der Waals surface area contributed by atoms with Crippen LogP contribution in [-0.2, 0) is 45.2 Å². The van der Waals surface area contributed by atoms with Crippen molar-refractivity contribution in [2.45, 2.75) is 74.1 Å². The summed E-state index contributed by atoms with van der Waals surface area (Å²) in [6.07, 6.45) is -4.01. The number of carboxylic acids is 1. The van der Waals surface area contributed by atoms with E-state index >= 15 is 0 Å². The number of esters is 3. The Labute approximate surface area is 264 Å². The molecule has 7 atom stereocenters. The van der Waals surface area contributed by atoms with Crippen molar-refractivity contribution in [2.75, 3.05) is 20.7 Å². The lowest BCUT2D eigenvalue weighted by atomic mass is 9.50. The third kappa shape index (κ3) is 4.89. The molecule has 2 aromatic carbocycles. The molecule has 244 valence electrons. The first-order valence-corrected chi connectivity index (χ1v) is 15.0. The van der Waals surface area contributed by atoms with Crippen LogP contribution in [0, 0.1) is 0 Å². The minimum absolute atomic E-state index is 0.151. The second-order valence-electron chi connectivity index (χ2n) is 12.1. The molecule has 0 radical (unpaired) electrons. The average molecular weight is 638 g/mol. The topological polar surface area (TPSA) is 178 Å². The van der Waals surface area contributed by atoms with Gasteiger partial charge in [0.1, 0.15) is 5.76 Å². The highest BCUT2D eigenvalue weighted by atomic mass is 16.6. The molecule has 2 aliphatic heterocycles. The fourth-order valence-electron chi connectivity index (χ4n) is 7.36. The number of carbonyl (C=O) groups is 4. The Kier molecular flexibility index (Phi) is 8.03. The Balaban J connectivity index is 1.19. The molecule has 13 heteroatoms. The molecule has 13 nitrogen and oxygen atoms in total. The summed E-state index contributed by atoms with van der Waals surface area (Å²) in [5, 5.41) is 32.0. The second-order valence-corrected chi connectivity index (χ2v) is 12.1. The summed E-state index contributed by atoms with van der Waals surface area (Å²) in [6, 6.07) is 11.3. The Morgan fingerprint density at radius 1 is 1.09 bits per heavy atom. The van der Waals surface area contributed by atoms with Gasteiger partial charge in [0.15, 0.2) is 29.8 Å². The molecule has 46 heavy (non-hydrogen) atoms. The van der Waals surface area contributed by atoms with Crippen LogP contribution in [0.25, 0.3) is 0 Å². The van der Waals surface area contributed by atoms with Crippen LogP contribution in [0.15, 0.2) is 54.3 Å². The number of likely N-dealkylation sites (N-methyl/N-ethyl adjacent to an activating group) is 1. The number of rotatable bonds is 10. The lowest BCUT2D eigenvalue weighted by Crippen LogP contribution is -2.74. The standard InChI is InChI=1S/C33H35NO12/c1-17(29(37)38)43-31(40)26(18-7-5-4-6-8-18)46-30(39)20(35)16-24(36)44-22-11-12-33(41)23-15-19-9-10-21(42-3)27-25(19)32(33,28(22)45-27)13-14-34(23)2/h4-11,17,20,23,26,28,35,41H,12-16H2,1-3H3,(H,37,38)/t17-,20-,23+,26-,28-,32-,33+/m0/s1. The van der Waals surface area contributed by atoms with Gasteiger partial charge in [-0.25, -0.2) is 14.4 Å². The lowest BCUT2D eigenvalue weighted by Gasteiger charge is -2.61. The number of carboxylic acid groups (broad SMARTS) is 1. The van der Waals surface area contributed by atoms with Crippen LogP contribution >= 0.6 is 0 Å². The molecule has 6 rings (SSSR count). The first-order chi connectivity index (χ1) is 21.9. The number of carbonyl (C=O) groups excluding carboxylic acids is 3. The molecule has 2 heterocycles. The van der Waals surface area contributed by atoms with Gasteiger partial charge in [0.05, 0.1) is 24.5 Å². The maximum absolute atomic E-state index is 13.1. The molecule has 0 amide bonds. The van der Waals surface area contributed by atoms with E-state index in [1.165, 1.54) is 19.2 Å². The average Bonchev–Trinajstić information content (AvgIpc) is 3.39. The summed E-state index contributed by atoms with van der Waals surface area (Å²) in [4.78, 5) is 52.1. The number of aliphatic hydroxyl groups excluding tert-OH is 1. The summed E-state index contributed by atoms with van der Waals surface area (Å²) in [5.74, 6) is -3.72. The monoisotopic (exact) mass is 637 g/mol. The van der Waals surface area contributed by atoms with Crippen molar-refractivity contribution in [3.8, 4) is 11.5 Å². The van der Waals surface area contributed by atoms with Crippen molar-refractivity contribution in [3.05, 3.63) is 71.0 Å².